The minimum atomic E-state index is 0.0206. The van der Waals surface area contributed by atoms with Crippen LogP contribution in [0.4, 0.5) is 0 Å². The predicted octanol–water partition coefficient (Wildman–Crippen LogP) is 2.72. The van der Waals surface area contributed by atoms with Crippen molar-refractivity contribution in [3.05, 3.63) is 58.3 Å². The molecule has 2 rings (SSSR count). The first-order chi connectivity index (χ1) is 9.25. The largest absolute Gasteiger partial charge is 0.351 e. The maximum Gasteiger partial charge on any atom is 0.234 e. The van der Waals surface area contributed by atoms with E-state index in [0.717, 1.165) is 5.56 Å². The first-order valence-corrected chi connectivity index (χ1v) is 7.21. The number of amides is 1. The molecule has 0 aliphatic carbocycles. The van der Waals surface area contributed by atoms with Crippen LogP contribution in [0.15, 0.2) is 47.8 Å². The molecule has 1 amide bonds. The molecule has 0 spiro atoms. The summed E-state index contributed by atoms with van der Waals surface area (Å²) in [4.78, 5) is 13.0. The molecule has 1 heterocycles. The summed E-state index contributed by atoms with van der Waals surface area (Å²) < 4.78 is 0. The van der Waals surface area contributed by atoms with Crippen molar-refractivity contribution >= 4 is 17.2 Å². The van der Waals surface area contributed by atoms with E-state index in [1.54, 1.807) is 11.3 Å². The van der Waals surface area contributed by atoms with Crippen molar-refractivity contribution in [2.75, 3.05) is 6.54 Å². The smallest absolute Gasteiger partial charge is 0.234 e. The van der Waals surface area contributed by atoms with Crippen molar-refractivity contribution in [1.82, 2.24) is 10.6 Å². The quantitative estimate of drug-likeness (QED) is 0.850. The third-order valence-electron chi connectivity index (χ3n) is 2.87. The van der Waals surface area contributed by atoms with Crippen molar-refractivity contribution in [1.29, 1.82) is 0 Å². The maximum absolute atomic E-state index is 11.7. The summed E-state index contributed by atoms with van der Waals surface area (Å²) in [5.41, 5.74) is 1.11. The van der Waals surface area contributed by atoms with Gasteiger partial charge in [0.05, 0.1) is 6.54 Å². The molecule has 19 heavy (non-hydrogen) atoms. The standard InChI is InChI=1S/C15H18N2OS/c1-12(14-8-5-9-19-14)16-11-15(18)17-10-13-6-3-2-4-7-13/h2-9,12,16H,10-11H2,1H3,(H,17,18)/t12-/m1/s1. The monoisotopic (exact) mass is 274 g/mol. The molecule has 0 radical (unpaired) electrons. The molecule has 1 aromatic heterocycles. The highest BCUT2D eigenvalue weighted by Gasteiger charge is 2.07. The van der Waals surface area contributed by atoms with Gasteiger partial charge in [0, 0.05) is 17.5 Å². The molecule has 4 heteroatoms. The lowest BCUT2D eigenvalue weighted by atomic mass is 10.2. The van der Waals surface area contributed by atoms with E-state index in [1.165, 1.54) is 4.88 Å². The van der Waals surface area contributed by atoms with Crippen molar-refractivity contribution in [2.45, 2.75) is 19.5 Å². The Morgan fingerprint density at radius 1 is 1.21 bits per heavy atom. The van der Waals surface area contributed by atoms with Gasteiger partial charge in [-0.05, 0) is 23.9 Å². The summed E-state index contributed by atoms with van der Waals surface area (Å²) >= 11 is 1.70. The Morgan fingerprint density at radius 2 is 2.00 bits per heavy atom. The Labute approximate surface area is 117 Å². The van der Waals surface area contributed by atoms with E-state index in [4.69, 9.17) is 0 Å². The van der Waals surface area contributed by atoms with Crippen molar-refractivity contribution in [3.63, 3.8) is 0 Å². The van der Waals surface area contributed by atoms with E-state index >= 15 is 0 Å². The molecule has 0 bridgehead atoms. The Bertz CT molecular complexity index is 496. The van der Waals surface area contributed by atoms with Crippen molar-refractivity contribution < 1.29 is 4.79 Å². The van der Waals surface area contributed by atoms with Gasteiger partial charge in [0.2, 0.25) is 5.91 Å². The fourth-order valence-electron chi connectivity index (χ4n) is 1.74. The number of nitrogens with one attached hydrogen (secondary N) is 2. The van der Waals surface area contributed by atoms with E-state index < -0.39 is 0 Å². The highest BCUT2D eigenvalue weighted by molar-refractivity contribution is 7.10. The zero-order valence-electron chi connectivity index (χ0n) is 10.9. The molecular weight excluding hydrogens is 256 g/mol. The predicted molar refractivity (Wildman–Crippen MR) is 79.0 cm³/mol. The molecular formula is C15H18N2OS. The van der Waals surface area contributed by atoms with Gasteiger partial charge >= 0.3 is 0 Å². The molecule has 1 aromatic carbocycles. The SMILES string of the molecule is C[C@@H](NCC(=O)NCc1ccccc1)c1cccs1. The summed E-state index contributed by atoms with van der Waals surface area (Å²) in [5.74, 6) is 0.0206. The van der Waals surface area contributed by atoms with E-state index in [9.17, 15) is 4.79 Å². The average Bonchev–Trinajstić information content (AvgIpc) is 2.98. The van der Waals surface area contributed by atoms with Gasteiger partial charge in [0.25, 0.3) is 0 Å². The molecule has 2 N–H and O–H groups in total. The fraction of sp³-hybridized carbons (Fsp3) is 0.267. The second kappa shape index (κ2) is 7.07. The molecule has 1 atom stereocenters. The van der Waals surface area contributed by atoms with Crippen LogP contribution in [0.5, 0.6) is 0 Å². The molecule has 0 saturated carbocycles. The van der Waals surface area contributed by atoms with E-state index in [-0.39, 0.29) is 11.9 Å². The average molecular weight is 274 g/mol. The first kappa shape index (κ1) is 13.8. The van der Waals surface area contributed by atoms with Crippen molar-refractivity contribution in [3.8, 4) is 0 Å². The number of rotatable bonds is 6. The van der Waals surface area contributed by atoms with Crippen LogP contribution in [0.2, 0.25) is 0 Å². The van der Waals surface area contributed by atoms with E-state index in [0.29, 0.717) is 13.1 Å². The normalized spacial score (nSPS) is 12.1. The van der Waals surface area contributed by atoms with Crippen LogP contribution in [0.3, 0.4) is 0 Å². The van der Waals surface area contributed by atoms with Crippen LogP contribution in [0.1, 0.15) is 23.4 Å². The molecule has 0 fully saturated rings. The summed E-state index contributed by atoms with van der Waals surface area (Å²) in [6.07, 6.45) is 0. The van der Waals surface area contributed by atoms with Gasteiger partial charge < -0.3 is 10.6 Å². The highest BCUT2D eigenvalue weighted by atomic mass is 32.1. The molecule has 0 aliphatic heterocycles. The van der Waals surface area contributed by atoms with Gasteiger partial charge in [-0.15, -0.1) is 11.3 Å². The highest BCUT2D eigenvalue weighted by Crippen LogP contribution is 2.17. The Morgan fingerprint density at radius 3 is 2.68 bits per heavy atom. The molecule has 2 aromatic rings. The van der Waals surface area contributed by atoms with E-state index in [1.807, 2.05) is 41.8 Å². The van der Waals surface area contributed by atoms with Crippen LogP contribution in [0, 0.1) is 0 Å². The summed E-state index contributed by atoms with van der Waals surface area (Å²) in [6.45, 7) is 2.98. The zero-order valence-corrected chi connectivity index (χ0v) is 11.7. The zero-order chi connectivity index (χ0) is 13.5. The minimum Gasteiger partial charge on any atom is -0.351 e. The lowest BCUT2D eigenvalue weighted by molar-refractivity contribution is -0.120. The second-order valence-corrected chi connectivity index (χ2v) is 5.36. The second-order valence-electron chi connectivity index (χ2n) is 4.38. The van der Waals surface area contributed by atoms with Crippen LogP contribution in [0.25, 0.3) is 0 Å². The Hall–Kier alpha value is -1.65. The topological polar surface area (TPSA) is 41.1 Å². The number of hydrogen-bond acceptors (Lipinski definition) is 3. The van der Waals surface area contributed by atoms with Gasteiger partial charge in [-0.1, -0.05) is 36.4 Å². The van der Waals surface area contributed by atoms with Gasteiger partial charge in [-0.2, -0.15) is 0 Å². The molecule has 0 unspecified atom stereocenters. The van der Waals surface area contributed by atoms with Crippen LogP contribution in [-0.4, -0.2) is 12.5 Å². The number of hydrogen-bond donors (Lipinski definition) is 2. The lowest BCUT2D eigenvalue weighted by Gasteiger charge is -2.12. The third kappa shape index (κ3) is 4.50. The van der Waals surface area contributed by atoms with Gasteiger partial charge in [-0.25, -0.2) is 0 Å². The molecule has 100 valence electrons. The minimum absolute atomic E-state index is 0.0206. The van der Waals surface area contributed by atoms with Crippen LogP contribution < -0.4 is 10.6 Å². The van der Waals surface area contributed by atoms with Crippen molar-refractivity contribution in [2.24, 2.45) is 0 Å². The van der Waals surface area contributed by atoms with Crippen LogP contribution in [-0.2, 0) is 11.3 Å². The van der Waals surface area contributed by atoms with Crippen LogP contribution >= 0.6 is 11.3 Å². The lowest BCUT2D eigenvalue weighted by Crippen LogP contribution is -2.34. The van der Waals surface area contributed by atoms with Gasteiger partial charge in [0.15, 0.2) is 0 Å². The first-order valence-electron chi connectivity index (χ1n) is 6.33. The number of thiophene rings is 1. The molecule has 0 saturated heterocycles. The van der Waals surface area contributed by atoms with Gasteiger partial charge in [-0.3, -0.25) is 4.79 Å². The Kier molecular flexibility index (Phi) is 5.12. The number of carbonyl (C=O) groups is 1. The molecule has 0 aliphatic rings. The summed E-state index contributed by atoms with van der Waals surface area (Å²) in [7, 11) is 0. The Balaban J connectivity index is 1.70. The third-order valence-corrected chi connectivity index (χ3v) is 3.93. The number of benzene rings is 1. The molecule has 3 nitrogen and oxygen atoms in total. The van der Waals surface area contributed by atoms with Gasteiger partial charge in [0.1, 0.15) is 0 Å². The maximum atomic E-state index is 11.7. The summed E-state index contributed by atoms with van der Waals surface area (Å²) in [6, 6.07) is 14.2. The fourth-order valence-corrected chi connectivity index (χ4v) is 2.50. The number of carbonyl (C=O) groups excluding carboxylic acids is 1. The summed E-state index contributed by atoms with van der Waals surface area (Å²) in [5, 5.41) is 8.17. The van der Waals surface area contributed by atoms with E-state index in [2.05, 4.69) is 23.6 Å².